The second-order valence-corrected chi connectivity index (χ2v) is 8.42. The fourth-order valence-electron chi connectivity index (χ4n) is 5.05. The van der Waals surface area contributed by atoms with Crippen LogP contribution in [0.25, 0.3) is 0 Å². The minimum Gasteiger partial charge on any atom is -0.396 e. The second-order valence-electron chi connectivity index (χ2n) is 8.03. The molecule has 2 aliphatic rings. The number of aryl methyl sites for hydroxylation is 1. The first kappa shape index (κ1) is 19.4. The summed E-state index contributed by atoms with van der Waals surface area (Å²) in [4.78, 5) is 6.86. The number of aliphatic hydroxyl groups excluding tert-OH is 1. The summed E-state index contributed by atoms with van der Waals surface area (Å²) in [5.74, 6) is 0. The molecule has 0 radical (unpaired) electrons. The molecule has 2 aromatic rings. The maximum absolute atomic E-state index is 9.39. The molecule has 1 saturated carbocycles. The Labute approximate surface area is 172 Å². The van der Waals surface area contributed by atoms with Crippen LogP contribution < -0.4 is 5.32 Å². The van der Waals surface area contributed by atoms with E-state index < -0.39 is 0 Å². The summed E-state index contributed by atoms with van der Waals surface area (Å²) < 4.78 is 2.55. The van der Waals surface area contributed by atoms with Crippen LogP contribution in [0.5, 0.6) is 0 Å². The largest absolute Gasteiger partial charge is 0.396 e. The number of pyridine rings is 1. The number of nitrogens with one attached hydrogen (secondary N) is 1. The summed E-state index contributed by atoms with van der Waals surface area (Å²) in [6.45, 7) is 5.38. The zero-order valence-corrected chi connectivity index (χ0v) is 17.6. The molecule has 1 saturated heterocycles. The van der Waals surface area contributed by atoms with Gasteiger partial charge < -0.3 is 19.9 Å². The molecule has 0 aromatic carbocycles. The van der Waals surface area contributed by atoms with Gasteiger partial charge in [0.15, 0.2) is 5.11 Å². The molecule has 1 aliphatic heterocycles. The lowest BCUT2D eigenvalue weighted by atomic mass is 9.96. The number of rotatable bonds is 6. The SMILES string of the molecule is Cc1cc(C2C(c3ccccn3)NC(=S)N2CCCO)c(C)n1C1CCCC1. The van der Waals surface area contributed by atoms with E-state index in [1.165, 1.54) is 42.6 Å². The van der Waals surface area contributed by atoms with Gasteiger partial charge >= 0.3 is 0 Å². The van der Waals surface area contributed by atoms with Crippen molar-refractivity contribution in [2.24, 2.45) is 0 Å². The first-order chi connectivity index (χ1) is 13.6. The summed E-state index contributed by atoms with van der Waals surface area (Å²) in [6, 6.07) is 9.12. The molecule has 0 bridgehead atoms. The average Bonchev–Trinajstić information content (AvgIpc) is 3.39. The van der Waals surface area contributed by atoms with E-state index in [2.05, 4.69) is 45.7 Å². The van der Waals surface area contributed by atoms with Crippen LogP contribution in [0.15, 0.2) is 30.5 Å². The van der Waals surface area contributed by atoms with Crippen molar-refractivity contribution in [1.82, 2.24) is 19.8 Å². The van der Waals surface area contributed by atoms with Crippen LogP contribution in [0.1, 0.15) is 72.9 Å². The van der Waals surface area contributed by atoms with Crippen molar-refractivity contribution < 1.29 is 5.11 Å². The van der Waals surface area contributed by atoms with Crippen molar-refractivity contribution in [3.63, 3.8) is 0 Å². The Morgan fingerprint density at radius 3 is 2.71 bits per heavy atom. The maximum atomic E-state index is 9.39. The van der Waals surface area contributed by atoms with Gasteiger partial charge in [0, 0.05) is 36.8 Å². The third-order valence-corrected chi connectivity index (χ3v) is 6.64. The molecule has 0 amide bonds. The highest BCUT2D eigenvalue weighted by Crippen LogP contribution is 2.42. The van der Waals surface area contributed by atoms with Gasteiger partial charge in [0.1, 0.15) is 0 Å². The lowest BCUT2D eigenvalue weighted by Gasteiger charge is -2.28. The van der Waals surface area contributed by atoms with Gasteiger partial charge in [0.25, 0.3) is 0 Å². The minimum atomic E-state index is 0.0184. The number of nitrogens with zero attached hydrogens (tertiary/aromatic N) is 3. The zero-order valence-electron chi connectivity index (χ0n) is 16.8. The quantitative estimate of drug-likeness (QED) is 0.721. The van der Waals surface area contributed by atoms with E-state index >= 15 is 0 Å². The molecule has 3 heterocycles. The molecule has 4 rings (SSSR count). The van der Waals surface area contributed by atoms with Crippen LogP contribution in [0, 0.1) is 13.8 Å². The molecule has 28 heavy (non-hydrogen) atoms. The van der Waals surface area contributed by atoms with E-state index in [4.69, 9.17) is 12.2 Å². The molecule has 2 fully saturated rings. The van der Waals surface area contributed by atoms with E-state index in [9.17, 15) is 5.11 Å². The number of hydrogen-bond acceptors (Lipinski definition) is 3. The van der Waals surface area contributed by atoms with Gasteiger partial charge in [-0.25, -0.2) is 0 Å². The summed E-state index contributed by atoms with van der Waals surface area (Å²) in [5, 5.41) is 13.6. The monoisotopic (exact) mass is 398 g/mol. The highest BCUT2D eigenvalue weighted by Gasteiger charge is 2.41. The Balaban J connectivity index is 1.76. The Hall–Kier alpha value is -1.92. The molecule has 2 atom stereocenters. The fourth-order valence-corrected chi connectivity index (χ4v) is 5.38. The van der Waals surface area contributed by atoms with Crippen LogP contribution in [-0.4, -0.2) is 37.8 Å². The standard InChI is InChI=1S/C22H30N4OS/c1-15-14-18(16(2)26(15)17-8-3-4-9-17)21-20(19-10-5-6-11-23-19)24-22(28)25(21)12-7-13-27/h5-6,10-11,14,17,20-21,27H,3-4,7-9,12-13H2,1-2H3,(H,24,28). The van der Waals surface area contributed by atoms with Crippen molar-refractivity contribution in [2.75, 3.05) is 13.2 Å². The van der Waals surface area contributed by atoms with Crippen molar-refractivity contribution in [1.29, 1.82) is 0 Å². The van der Waals surface area contributed by atoms with E-state index in [0.29, 0.717) is 12.5 Å². The minimum absolute atomic E-state index is 0.0184. The topological polar surface area (TPSA) is 53.3 Å². The van der Waals surface area contributed by atoms with E-state index in [1.807, 2.05) is 18.3 Å². The van der Waals surface area contributed by atoms with Gasteiger partial charge in [-0.2, -0.15) is 0 Å². The Morgan fingerprint density at radius 2 is 2.04 bits per heavy atom. The molecule has 2 aromatic heterocycles. The predicted octanol–water partition coefficient (Wildman–Crippen LogP) is 3.97. The summed E-state index contributed by atoms with van der Waals surface area (Å²) in [6.07, 6.45) is 7.74. The smallest absolute Gasteiger partial charge is 0.170 e. The van der Waals surface area contributed by atoms with Gasteiger partial charge in [-0.15, -0.1) is 0 Å². The Bertz CT molecular complexity index is 829. The van der Waals surface area contributed by atoms with Crippen LogP contribution in [0.2, 0.25) is 0 Å². The zero-order chi connectivity index (χ0) is 19.7. The molecule has 2 N–H and O–H groups in total. The van der Waals surface area contributed by atoms with Gasteiger partial charge in [0.2, 0.25) is 0 Å². The summed E-state index contributed by atoms with van der Waals surface area (Å²) in [7, 11) is 0. The van der Waals surface area contributed by atoms with Crippen LogP contribution in [-0.2, 0) is 0 Å². The van der Waals surface area contributed by atoms with Gasteiger partial charge in [0.05, 0.1) is 17.8 Å². The van der Waals surface area contributed by atoms with E-state index in [0.717, 1.165) is 17.4 Å². The molecule has 0 spiro atoms. The molecule has 150 valence electrons. The van der Waals surface area contributed by atoms with Gasteiger partial charge in [-0.3, -0.25) is 4.98 Å². The molecular weight excluding hydrogens is 368 g/mol. The van der Waals surface area contributed by atoms with Gasteiger partial charge in [-0.05, 0) is 69.1 Å². The first-order valence-electron chi connectivity index (χ1n) is 10.4. The maximum Gasteiger partial charge on any atom is 0.170 e. The fraction of sp³-hybridized carbons (Fsp3) is 0.545. The lowest BCUT2D eigenvalue weighted by molar-refractivity contribution is 0.247. The Kier molecular flexibility index (Phi) is 5.69. The van der Waals surface area contributed by atoms with Crippen molar-refractivity contribution in [2.45, 2.75) is 64.1 Å². The third kappa shape index (κ3) is 3.44. The highest BCUT2D eigenvalue weighted by molar-refractivity contribution is 7.80. The lowest BCUT2D eigenvalue weighted by Crippen LogP contribution is -2.31. The summed E-state index contributed by atoms with van der Waals surface area (Å²) in [5.41, 5.74) is 5.01. The predicted molar refractivity (Wildman–Crippen MR) is 115 cm³/mol. The van der Waals surface area contributed by atoms with Crippen molar-refractivity contribution in [3.05, 3.63) is 53.1 Å². The van der Waals surface area contributed by atoms with Crippen LogP contribution >= 0.6 is 12.2 Å². The number of aromatic nitrogens is 2. The van der Waals surface area contributed by atoms with Crippen LogP contribution in [0.3, 0.4) is 0 Å². The van der Waals surface area contributed by atoms with Crippen LogP contribution in [0.4, 0.5) is 0 Å². The third-order valence-electron chi connectivity index (χ3n) is 6.29. The average molecular weight is 399 g/mol. The number of hydrogen-bond donors (Lipinski definition) is 2. The summed E-state index contributed by atoms with van der Waals surface area (Å²) >= 11 is 5.70. The molecule has 2 unspecified atom stereocenters. The first-order valence-corrected chi connectivity index (χ1v) is 10.8. The normalized spacial score (nSPS) is 22.8. The second kappa shape index (κ2) is 8.21. The van der Waals surface area contributed by atoms with E-state index in [-0.39, 0.29) is 18.7 Å². The number of thiocarbonyl (C=S) groups is 1. The number of aliphatic hydroxyl groups is 1. The molecule has 6 heteroatoms. The highest BCUT2D eigenvalue weighted by atomic mass is 32.1. The van der Waals surface area contributed by atoms with E-state index in [1.54, 1.807) is 0 Å². The molecule has 1 aliphatic carbocycles. The molecule has 5 nitrogen and oxygen atoms in total. The Morgan fingerprint density at radius 1 is 1.25 bits per heavy atom. The van der Waals surface area contributed by atoms with Gasteiger partial charge in [-0.1, -0.05) is 18.9 Å². The van der Waals surface area contributed by atoms with Crippen molar-refractivity contribution in [3.8, 4) is 0 Å². The molecular formula is C22H30N4OS. The van der Waals surface area contributed by atoms with Crippen molar-refractivity contribution >= 4 is 17.3 Å².